The van der Waals surface area contributed by atoms with Crippen LogP contribution < -0.4 is 10.1 Å². The van der Waals surface area contributed by atoms with E-state index in [1.807, 2.05) is 42.3 Å². The number of ether oxygens (including phenoxy) is 1. The molecule has 142 valence electrons. The Morgan fingerprint density at radius 2 is 2.04 bits per heavy atom. The van der Waals surface area contributed by atoms with Crippen molar-refractivity contribution in [1.29, 1.82) is 0 Å². The lowest BCUT2D eigenvalue weighted by molar-refractivity contribution is 0.417. The van der Waals surface area contributed by atoms with Crippen molar-refractivity contribution >= 4 is 55.8 Å². The largest absolute Gasteiger partial charge is 0.495 e. The maximum absolute atomic E-state index is 5.51. The Balaban J connectivity index is 0.00000192. The summed E-state index contributed by atoms with van der Waals surface area (Å²) < 4.78 is 8.60. The zero-order valence-electron chi connectivity index (χ0n) is 15.1. The fraction of sp³-hybridized carbons (Fsp3) is 0.105. The zero-order chi connectivity index (χ0) is 18.4. The number of hydrogen-bond donors (Lipinski definition) is 2. The van der Waals surface area contributed by atoms with Crippen LogP contribution in [0.1, 0.15) is 0 Å². The highest BCUT2D eigenvalue weighted by Gasteiger charge is 2.13. The molecule has 2 aromatic carbocycles. The molecule has 7 nitrogen and oxygen atoms in total. The third-order valence-electron chi connectivity index (χ3n) is 4.53. The maximum Gasteiger partial charge on any atom is 0.188 e. The molecule has 0 radical (unpaired) electrons. The molecule has 0 aliphatic heterocycles. The van der Waals surface area contributed by atoms with Gasteiger partial charge in [-0.1, -0.05) is 17.4 Å². The van der Waals surface area contributed by atoms with E-state index in [9.17, 15) is 0 Å². The van der Waals surface area contributed by atoms with Crippen LogP contribution in [-0.4, -0.2) is 31.8 Å². The van der Waals surface area contributed by atoms with E-state index in [0.29, 0.717) is 0 Å². The SMILES string of the molecule is COc1ccc(-c2cn[nH]c2)cc1Nc1nc2c(ccc3c2ncn3C)s1.Cl. The summed E-state index contributed by atoms with van der Waals surface area (Å²) in [6.07, 6.45) is 5.47. The van der Waals surface area contributed by atoms with Crippen molar-refractivity contribution in [2.45, 2.75) is 0 Å². The molecule has 0 spiro atoms. The first kappa shape index (κ1) is 18.3. The number of aromatic nitrogens is 5. The highest BCUT2D eigenvalue weighted by atomic mass is 35.5. The average molecular weight is 413 g/mol. The van der Waals surface area contributed by atoms with Crippen molar-refractivity contribution in [2.75, 3.05) is 12.4 Å². The zero-order valence-corrected chi connectivity index (χ0v) is 16.8. The molecule has 0 aliphatic rings. The van der Waals surface area contributed by atoms with Crippen molar-refractivity contribution in [3.05, 3.63) is 49.1 Å². The molecule has 5 aromatic rings. The number of aryl methyl sites for hydroxylation is 1. The molecule has 5 rings (SSSR count). The van der Waals surface area contributed by atoms with Gasteiger partial charge in [0.1, 0.15) is 16.8 Å². The molecule has 3 heterocycles. The Hall–Kier alpha value is -3.10. The van der Waals surface area contributed by atoms with Gasteiger partial charge >= 0.3 is 0 Å². The number of benzene rings is 2. The van der Waals surface area contributed by atoms with Gasteiger partial charge in [0.2, 0.25) is 0 Å². The van der Waals surface area contributed by atoms with Crippen LogP contribution in [0.25, 0.3) is 32.4 Å². The number of imidazole rings is 1. The molecule has 0 fully saturated rings. The summed E-state index contributed by atoms with van der Waals surface area (Å²) in [5.41, 5.74) is 5.80. The lowest BCUT2D eigenvalue weighted by atomic mass is 10.1. The van der Waals surface area contributed by atoms with Gasteiger partial charge in [0, 0.05) is 18.8 Å². The summed E-state index contributed by atoms with van der Waals surface area (Å²) >= 11 is 1.59. The molecule has 0 atom stereocenters. The van der Waals surface area contributed by atoms with Crippen molar-refractivity contribution < 1.29 is 4.74 Å². The van der Waals surface area contributed by atoms with E-state index in [4.69, 9.17) is 9.72 Å². The fourth-order valence-corrected chi connectivity index (χ4v) is 4.03. The van der Waals surface area contributed by atoms with E-state index < -0.39 is 0 Å². The first-order valence-electron chi connectivity index (χ1n) is 8.38. The van der Waals surface area contributed by atoms with Crippen molar-refractivity contribution in [1.82, 2.24) is 24.7 Å². The topological polar surface area (TPSA) is 80.7 Å². The van der Waals surface area contributed by atoms with Crippen LogP contribution in [0, 0.1) is 0 Å². The standard InChI is InChI=1S/C19H16N6OS.ClH/c1-25-10-20-17-14(25)4-6-16-18(17)24-19(27-16)23-13-7-11(3-5-15(13)26-2)12-8-21-22-9-12;/h3-10H,1-2H3,(H,21,22)(H,23,24);1H. The second-order valence-corrected chi connectivity index (χ2v) is 7.21. The van der Waals surface area contributed by atoms with Gasteiger partial charge in [0.05, 0.1) is 35.5 Å². The number of H-pyrrole nitrogens is 1. The first-order valence-corrected chi connectivity index (χ1v) is 9.19. The number of anilines is 2. The Morgan fingerprint density at radius 3 is 2.82 bits per heavy atom. The van der Waals surface area contributed by atoms with E-state index in [-0.39, 0.29) is 12.4 Å². The Bertz CT molecular complexity index is 1260. The number of thiazole rings is 1. The summed E-state index contributed by atoms with van der Waals surface area (Å²) in [5.74, 6) is 0.754. The molecule has 0 aliphatic carbocycles. The van der Waals surface area contributed by atoms with Crippen LogP contribution in [0.3, 0.4) is 0 Å². The van der Waals surface area contributed by atoms with E-state index >= 15 is 0 Å². The number of rotatable bonds is 4. The molecular formula is C19H17ClN6OS. The van der Waals surface area contributed by atoms with Gasteiger partial charge < -0.3 is 14.6 Å². The molecule has 3 aromatic heterocycles. The number of fused-ring (bicyclic) bond motifs is 3. The average Bonchev–Trinajstić information content (AvgIpc) is 3.41. The smallest absolute Gasteiger partial charge is 0.188 e. The monoisotopic (exact) mass is 412 g/mol. The molecule has 0 saturated heterocycles. The van der Waals surface area contributed by atoms with Gasteiger partial charge in [-0.3, -0.25) is 5.10 Å². The quantitative estimate of drug-likeness (QED) is 0.445. The Kier molecular flexibility index (Phi) is 4.66. The number of halogens is 1. The van der Waals surface area contributed by atoms with Crippen LogP contribution in [0.5, 0.6) is 5.75 Å². The lowest BCUT2D eigenvalue weighted by Crippen LogP contribution is -1.94. The van der Waals surface area contributed by atoms with Crippen molar-refractivity contribution in [2.24, 2.45) is 7.05 Å². The third kappa shape index (κ3) is 2.96. The molecular weight excluding hydrogens is 396 g/mol. The van der Waals surface area contributed by atoms with Gasteiger partial charge in [0.25, 0.3) is 0 Å². The third-order valence-corrected chi connectivity index (χ3v) is 5.46. The van der Waals surface area contributed by atoms with Gasteiger partial charge in [-0.2, -0.15) is 5.10 Å². The molecule has 0 unspecified atom stereocenters. The lowest BCUT2D eigenvalue weighted by Gasteiger charge is -2.10. The van der Waals surface area contributed by atoms with Gasteiger partial charge in [-0.05, 0) is 29.8 Å². The Morgan fingerprint density at radius 1 is 1.14 bits per heavy atom. The Labute approximate surface area is 170 Å². The highest BCUT2D eigenvalue weighted by molar-refractivity contribution is 7.22. The number of methoxy groups -OCH3 is 1. The number of hydrogen-bond acceptors (Lipinski definition) is 6. The van der Waals surface area contributed by atoms with Crippen LogP contribution in [0.15, 0.2) is 49.1 Å². The summed E-state index contributed by atoms with van der Waals surface area (Å²) in [7, 11) is 3.65. The summed E-state index contributed by atoms with van der Waals surface area (Å²) in [6, 6.07) is 10.1. The molecule has 9 heteroatoms. The van der Waals surface area contributed by atoms with E-state index in [0.717, 1.165) is 48.9 Å². The summed E-state index contributed by atoms with van der Waals surface area (Å²) in [4.78, 5) is 9.27. The number of nitrogens with zero attached hydrogens (tertiary/aromatic N) is 4. The highest BCUT2D eigenvalue weighted by Crippen LogP contribution is 2.36. The maximum atomic E-state index is 5.51. The van der Waals surface area contributed by atoms with Crippen molar-refractivity contribution in [3.8, 4) is 16.9 Å². The van der Waals surface area contributed by atoms with E-state index in [1.165, 1.54) is 0 Å². The van der Waals surface area contributed by atoms with Gasteiger partial charge in [-0.25, -0.2) is 9.97 Å². The molecule has 0 amide bonds. The van der Waals surface area contributed by atoms with Crippen LogP contribution in [-0.2, 0) is 7.05 Å². The predicted octanol–water partition coefficient (Wildman–Crippen LogP) is 4.75. The minimum atomic E-state index is 0. The molecule has 28 heavy (non-hydrogen) atoms. The van der Waals surface area contributed by atoms with Crippen LogP contribution in [0.4, 0.5) is 10.8 Å². The summed E-state index contributed by atoms with van der Waals surface area (Å²) in [5, 5.41) is 11.1. The van der Waals surface area contributed by atoms with Gasteiger partial charge in [-0.15, -0.1) is 12.4 Å². The minimum absolute atomic E-state index is 0. The minimum Gasteiger partial charge on any atom is -0.495 e. The predicted molar refractivity (Wildman–Crippen MR) is 115 cm³/mol. The number of nitrogens with one attached hydrogen (secondary N) is 2. The van der Waals surface area contributed by atoms with E-state index in [2.05, 4.69) is 32.6 Å². The number of aromatic amines is 1. The molecule has 2 N–H and O–H groups in total. The van der Waals surface area contributed by atoms with Crippen molar-refractivity contribution in [3.63, 3.8) is 0 Å². The first-order chi connectivity index (χ1) is 13.2. The normalized spacial score (nSPS) is 10.9. The van der Waals surface area contributed by atoms with E-state index in [1.54, 1.807) is 24.6 Å². The fourth-order valence-electron chi connectivity index (χ4n) is 3.15. The second kappa shape index (κ2) is 7.14. The van der Waals surface area contributed by atoms with Gasteiger partial charge in [0.15, 0.2) is 5.13 Å². The second-order valence-electron chi connectivity index (χ2n) is 6.18. The molecule has 0 bridgehead atoms. The molecule has 0 saturated carbocycles. The van der Waals surface area contributed by atoms with Crippen LogP contribution in [0.2, 0.25) is 0 Å². The van der Waals surface area contributed by atoms with Crippen LogP contribution >= 0.6 is 23.7 Å². The summed E-state index contributed by atoms with van der Waals surface area (Å²) in [6.45, 7) is 0.